The lowest BCUT2D eigenvalue weighted by atomic mass is 9.93. The van der Waals surface area contributed by atoms with Crippen LogP contribution in [0.4, 0.5) is 0 Å². The van der Waals surface area contributed by atoms with E-state index in [4.69, 9.17) is 25.2 Å². The van der Waals surface area contributed by atoms with Crippen molar-refractivity contribution < 1.29 is 30.0 Å². The van der Waals surface area contributed by atoms with Crippen molar-refractivity contribution >= 4 is 5.97 Å². The molecular weight excluding hydrogens is 348 g/mol. The highest BCUT2D eigenvalue weighted by Crippen LogP contribution is 2.12. The predicted octanol–water partition coefficient (Wildman–Crippen LogP) is 2.97. The Morgan fingerprint density at radius 2 is 1.15 bits per heavy atom. The van der Waals surface area contributed by atoms with Crippen LogP contribution in [0.25, 0.3) is 0 Å². The van der Waals surface area contributed by atoms with Crippen LogP contribution in [0.15, 0.2) is 12.2 Å². The van der Waals surface area contributed by atoms with E-state index in [2.05, 4.69) is 13.5 Å². The Bertz CT molecular complexity index is 335. The van der Waals surface area contributed by atoms with Crippen molar-refractivity contribution in [1.29, 1.82) is 0 Å². The summed E-state index contributed by atoms with van der Waals surface area (Å²) >= 11 is 0. The maximum absolute atomic E-state index is 11.1. The number of rotatable bonds is 16. The van der Waals surface area contributed by atoms with Crippen molar-refractivity contribution in [3.63, 3.8) is 0 Å². The van der Waals surface area contributed by atoms with Crippen LogP contribution in [0.3, 0.4) is 0 Å². The number of aliphatic hydroxyl groups is 4. The van der Waals surface area contributed by atoms with Gasteiger partial charge in [0.25, 0.3) is 0 Å². The molecule has 0 unspecified atom stereocenters. The van der Waals surface area contributed by atoms with E-state index in [0.29, 0.717) is 12.2 Å². The number of unbranched alkanes of at least 4 members (excludes halogenated alkanes) is 9. The molecule has 0 aliphatic rings. The molecular formula is C21H42O6. The van der Waals surface area contributed by atoms with Crippen LogP contribution in [0.5, 0.6) is 0 Å². The van der Waals surface area contributed by atoms with Crippen molar-refractivity contribution in [2.45, 2.75) is 78.1 Å². The minimum atomic E-state index is -1.11. The first-order valence-corrected chi connectivity index (χ1v) is 10.2. The largest absolute Gasteiger partial charge is 0.462 e. The summed E-state index contributed by atoms with van der Waals surface area (Å²) in [5, 5.41) is 34.0. The molecule has 0 bridgehead atoms. The second kappa shape index (κ2) is 19.8. The van der Waals surface area contributed by atoms with Gasteiger partial charge in [0.05, 0.1) is 38.4 Å². The van der Waals surface area contributed by atoms with Crippen LogP contribution in [0.2, 0.25) is 0 Å². The smallest absolute Gasteiger partial charge is 0.333 e. The van der Waals surface area contributed by atoms with E-state index < -0.39 is 31.8 Å². The monoisotopic (exact) mass is 390 g/mol. The fourth-order valence-electron chi connectivity index (χ4n) is 2.18. The third kappa shape index (κ3) is 16.9. The van der Waals surface area contributed by atoms with Gasteiger partial charge in [-0.15, -0.1) is 0 Å². The van der Waals surface area contributed by atoms with Gasteiger partial charge in [0.1, 0.15) is 0 Å². The number of esters is 1. The molecule has 0 radical (unpaired) electrons. The van der Waals surface area contributed by atoms with Gasteiger partial charge in [-0.2, -0.15) is 0 Å². The fourth-order valence-corrected chi connectivity index (χ4v) is 2.18. The van der Waals surface area contributed by atoms with Gasteiger partial charge in [-0.05, 0) is 13.3 Å². The fraction of sp³-hybridized carbons (Fsp3) is 0.857. The van der Waals surface area contributed by atoms with Crippen LogP contribution >= 0.6 is 0 Å². The zero-order valence-corrected chi connectivity index (χ0v) is 17.4. The molecule has 0 fully saturated rings. The second-order valence-corrected chi connectivity index (χ2v) is 7.23. The van der Waals surface area contributed by atoms with Gasteiger partial charge in [0, 0.05) is 5.57 Å². The molecule has 0 aliphatic heterocycles. The lowest BCUT2D eigenvalue weighted by Gasteiger charge is -2.23. The third-order valence-corrected chi connectivity index (χ3v) is 4.42. The molecule has 0 atom stereocenters. The van der Waals surface area contributed by atoms with Crippen molar-refractivity contribution in [2.75, 3.05) is 33.0 Å². The van der Waals surface area contributed by atoms with Crippen molar-refractivity contribution in [1.82, 2.24) is 0 Å². The highest BCUT2D eigenvalue weighted by atomic mass is 16.5. The summed E-state index contributed by atoms with van der Waals surface area (Å²) in [5.41, 5.74) is -0.623. The normalized spacial score (nSPS) is 10.9. The molecule has 4 N–H and O–H groups in total. The third-order valence-electron chi connectivity index (χ3n) is 4.42. The van der Waals surface area contributed by atoms with Crippen LogP contribution < -0.4 is 0 Å². The molecule has 6 heteroatoms. The standard InChI is InChI=1S/C16H30O2.C5H12O4/c1-4-5-6-7-8-9-10-11-12-13-14-18-16(17)15(2)3;6-1-5(2-7,3-8)4-9/h2,4-14H2,1,3H3;6-9H,1-4H2. The number of hydrogen-bond donors (Lipinski definition) is 4. The Balaban J connectivity index is 0. The zero-order valence-electron chi connectivity index (χ0n) is 17.4. The van der Waals surface area contributed by atoms with E-state index in [1.807, 2.05) is 0 Å². The van der Waals surface area contributed by atoms with Crippen LogP contribution in [-0.2, 0) is 9.53 Å². The van der Waals surface area contributed by atoms with E-state index in [0.717, 1.165) is 6.42 Å². The minimum Gasteiger partial charge on any atom is -0.462 e. The molecule has 27 heavy (non-hydrogen) atoms. The van der Waals surface area contributed by atoms with E-state index in [-0.39, 0.29) is 5.97 Å². The molecule has 0 aromatic carbocycles. The van der Waals surface area contributed by atoms with Crippen LogP contribution in [0.1, 0.15) is 78.1 Å². The molecule has 0 aliphatic carbocycles. The zero-order chi connectivity index (χ0) is 21.0. The SMILES string of the molecule is C=C(C)C(=O)OCCCCCCCCCCCC.OCC(CO)(CO)CO. The maximum Gasteiger partial charge on any atom is 0.333 e. The summed E-state index contributed by atoms with van der Waals surface area (Å²) in [6, 6.07) is 0. The van der Waals surface area contributed by atoms with Gasteiger partial charge in [-0.25, -0.2) is 4.79 Å². The van der Waals surface area contributed by atoms with Crippen LogP contribution in [-0.4, -0.2) is 59.4 Å². The lowest BCUT2D eigenvalue weighted by Crippen LogP contribution is -2.37. The molecule has 0 amide bonds. The summed E-state index contributed by atoms with van der Waals surface area (Å²) in [6.07, 6.45) is 13.0. The van der Waals surface area contributed by atoms with Gasteiger partial charge in [0.15, 0.2) is 0 Å². The Labute approximate surface area is 165 Å². The Morgan fingerprint density at radius 3 is 1.44 bits per heavy atom. The van der Waals surface area contributed by atoms with Crippen molar-refractivity contribution in [2.24, 2.45) is 5.41 Å². The van der Waals surface area contributed by atoms with Crippen LogP contribution in [0, 0.1) is 5.41 Å². The number of hydrogen-bond acceptors (Lipinski definition) is 6. The molecule has 0 spiro atoms. The summed E-state index contributed by atoms with van der Waals surface area (Å²) in [7, 11) is 0. The van der Waals surface area contributed by atoms with E-state index >= 15 is 0 Å². The molecule has 0 rings (SSSR count). The lowest BCUT2D eigenvalue weighted by molar-refractivity contribution is -0.139. The highest BCUT2D eigenvalue weighted by Gasteiger charge is 2.26. The predicted molar refractivity (Wildman–Crippen MR) is 108 cm³/mol. The summed E-state index contributed by atoms with van der Waals surface area (Å²) in [6.45, 7) is 6.40. The Morgan fingerprint density at radius 1 is 0.778 bits per heavy atom. The average Bonchev–Trinajstić information content (AvgIpc) is 2.68. The van der Waals surface area contributed by atoms with Crippen molar-refractivity contribution in [3.05, 3.63) is 12.2 Å². The molecule has 0 heterocycles. The molecule has 162 valence electrons. The molecule has 0 saturated carbocycles. The maximum atomic E-state index is 11.1. The minimum absolute atomic E-state index is 0.258. The number of ether oxygens (including phenoxy) is 1. The van der Waals surface area contributed by atoms with Gasteiger partial charge in [-0.1, -0.05) is 71.3 Å². The number of carbonyl (C=O) groups excluding carboxylic acids is 1. The van der Waals surface area contributed by atoms with Gasteiger partial charge < -0.3 is 25.2 Å². The number of aliphatic hydroxyl groups excluding tert-OH is 4. The molecule has 0 aromatic rings. The van der Waals surface area contributed by atoms with E-state index in [9.17, 15) is 4.79 Å². The second-order valence-electron chi connectivity index (χ2n) is 7.23. The van der Waals surface area contributed by atoms with Gasteiger partial charge >= 0.3 is 5.97 Å². The topological polar surface area (TPSA) is 107 Å². The van der Waals surface area contributed by atoms with E-state index in [1.54, 1.807) is 6.92 Å². The van der Waals surface area contributed by atoms with E-state index in [1.165, 1.54) is 57.8 Å². The highest BCUT2D eigenvalue weighted by molar-refractivity contribution is 5.86. The Kier molecular flexibility index (Phi) is 20.7. The first-order chi connectivity index (χ1) is 12.9. The molecule has 6 nitrogen and oxygen atoms in total. The number of carbonyl (C=O) groups is 1. The molecule has 0 saturated heterocycles. The summed E-state index contributed by atoms with van der Waals surface area (Å²) in [4.78, 5) is 11.1. The van der Waals surface area contributed by atoms with Crippen molar-refractivity contribution in [3.8, 4) is 0 Å². The first-order valence-electron chi connectivity index (χ1n) is 10.2. The summed E-state index contributed by atoms with van der Waals surface area (Å²) < 4.78 is 5.04. The quantitative estimate of drug-likeness (QED) is 0.183. The first kappa shape index (κ1) is 28.3. The molecule has 0 aromatic heterocycles. The van der Waals surface area contributed by atoms with Gasteiger partial charge in [-0.3, -0.25) is 0 Å². The van der Waals surface area contributed by atoms with Gasteiger partial charge in [0.2, 0.25) is 0 Å². The summed E-state index contributed by atoms with van der Waals surface area (Å²) in [5.74, 6) is -0.258. The Hall–Kier alpha value is -0.950. The average molecular weight is 391 g/mol.